The van der Waals surface area contributed by atoms with Gasteiger partial charge >= 0.3 is 81.6 Å². The molecule has 0 aromatic carbocycles. The summed E-state index contributed by atoms with van der Waals surface area (Å²) in [4.78, 5) is 0. The van der Waals surface area contributed by atoms with Crippen molar-refractivity contribution in [1.29, 1.82) is 0 Å². The molecule has 0 amide bonds. The third kappa shape index (κ3) is 0.950. The Balaban J connectivity index is 1.97. The van der Waals surface area contributed by atoms with E-state index in [0.29, 0.717) is 0 Å². The molecule has 0 spiro atoms. The second-order valence-corrected chi connectivity index (χ2v) is 5.80. The van der Waals surface area contributed by atoms with E-state index in [-0.39, 0.29) is 19.2 Å². The van der Waals surface area contributed by atoms with Crippen molar-refractivity contribution in [2.24, 2.45) is 0 Å². The van der Waals surface area contributed by atoms with Crippen LogP contribution in [0.5, 0.6) is 0 Å². The van der Waals surface area contributed by atoms with E-state index in [9.17, 15) is 0 Å². The summed E-state index contributed by atoms with van der Waals surface area (Å²) in [7, 11) is 0. The molecule has 0 unspecified atom stereocenters. The molecule has 3 aliphatic rings. The number of allylic oxidation sites excluding steroid dienone is 8. The summed E-state index contributed by atoms with van der Waals surface area (Å²) < 4.78 is 3.61. The standard InChI is InChI=1S/C11H10.Ti/c1-2-6-10(5-1)9-11-7-3-4-8-11;/h1,3,5,7H,2,4,9H2;. The van der Waals surface area contributed by atoms with Gasteiger partial charge in [-0.25, -0.2) is 0 Å². The van der Waals surface area contributed by atoms with Gasteiger partial charge in [0.05, 0.1) is 0 Å². The van der Waals surface area contributed by atoms with E-state index in [2.05, 4.69) is 24.3 Å². The van der Waals surface area contributed by atoms with Crippen molar-refractivity contribution >= 4 is 0 Å². The topological polar surface area (TPSA) is 0 Å². The Morgan fingerprint density at radius 1 is 0.917 bits per heavy atom. The molecule has 0 bridgehead atoms. The quantitative estimate of drug-likeness (QED) is 0.515. The molecule has 58 valence electrons. The number of hydrogen-bond acceptors (Lipinski definition) is 0. The average Bonchev–Trinajstić information content (AvgIpc) is 2.64. The van der Waals surface area contributed by atoms with Crippen LogP contribution in [0.2, 0.25) is 0 Å². The van der Waals surface area contributed by atoms with Crippen LogP contribution in [0, 0.1) is 0 Å². The van der Waals surface area contributed by atoms with E-state index in [0.717, 1.165) is 0 Å². The Kier molecular flexibility index (Phi) is 1.53. The van der Waals surface area contributed by atoms with Crippen LogP contribution in [-0.2, 0) is 19.2 Å². The third-order valence-corrected chi connectivity index (χ3v) is 5.32. The molecule has 0 radical (unpaired) electrons. The maximum atomic E-state index is 2.34. The normalized spacial score (nSPS) is 24.7. The summed E-state index contributed by atoms with van der Waals surface area (Å²) in [6.07, 6.45) is 13.1. The average molecular weight is 190 g/mol. The van der Waals surface area contributed by atoms with Crippen LogP contribution in [0.4, 0.5) is 0 Å². The first-order valence-corrected chi connectivity index (χ1v) is 6.04. The Bertz CT molecular complexity index is 319. The second-order valence-electron chi connectivity index (χ2n) is 3.52. The van der Waals surface area contributed by atoms with Gasteiger partial charge in [0.1, 0.15) is 0 Å². The van der Waals surface area contributed by atoms with Gasteiger partial charge in [-0.15, -0.1) is 0 Å². The van der Waals surface area contributed by atoms with Crippen molar-refractivity contribution in [3.63, 3.8) is 0 Å². The van der Waals surface area contributed by atoms with Crippen molar-refractivity contribution in [3.8, 4) is 0 Å². The molecule has 12 heavy (non-hydrogen) atoms. The summed E-state index contributed by atoms with van der Waals surface area (Å²) in [6, 6.07) is 0. The van der Waals surface area contributed by atoms with Crippen LogP contribution in [0.25, 0.3) is 0 Å². The van der Waals surface area contributed by atoms with Gasteiger partial charge in [-0.3, -0.25) is 0 Å². The van der Waals surface area contributed by atoms with Crippen LogP contribution < -0.4 is 0 Å². The predicted octanol–water partition coefficient (Wildman–Crippen LogP) is 2.90. The fourth-order valence-corrected chi connectivity index (χ4v) is 4.38. The van der Waals surface area contributed by atoms with E-state index in [1.807, 2.05) is 0 Å². The molecule has 1 aliphatic heterocycles. The third-order valence-electron chi connectivity index (χ3n) is 2.74. The van der Waals surface area contributed by atoms with E-state index < -0.39 is 0 Å². The molecule has 0 fully saturated rings. The first kappa shape index (κ1) is 7.11. The van der Waals surface area contributed by atoms with E-state index >= 15 is 0 Å². The van der Waals surface area contributed by atoms with E-state index in [1.54, 1.807) is 18.9 Å². The first-order chi connectivity index (χ1) is 5.93. The Labute approximate surface area is 81.7 Å². The molecule has 0 aromatic rings. The molecule has 0 N–H and O–H groups in total. The second kappa shape index (κ2) is 2.58. The first-order valence-electron chi connectivity index (χ1n) is 4.47. The zero-order valence-corrected chi connectivity index (χ0v) is 8.49. The minimum atomic E-state index is 0.126. The molecule has 0 atom stereocenters. The molecule has 0 saturated heterocycles. The van der Waals surface area contributed by atoms with Gasteiger partial charge in [0.15, 0.2) is 0 Å². The summed E-state index contributed by atoms with van der Waals surface area (Å²) in [5, 5.41) is 0. The van der Waals surface area contributed by atoms with Crippen LogP contribution in [-0.4, -0.2) is 0 Å². The SMILES string of the molecule is C1=CC2=[C](C1)[Ti][C]1=C(C=CC1)C2. The van der Waals surface area contributed by atoms with Gasteiger partial charge in [0.25, 0.3) is 0 Å². The van der Waals surface area contributed by atoms with Crippen molar-refractivity contribution in [3.05, 3.63) is 43.2 Å². The van der Waals surface area contributed by atoms with Gasteiger partial charge < -0.3 is 0 Å². The molecule has 0 aromatic heterocycles. The summed E-state index contributed by atoms with van der Waals surface area (Å²) >= 11 is 0.126. The Morgan fingerprint density at radius 3 is 2.08 bits per heavy atom. The summed E-state index contributed by atoms with van der Waals surface area (Å²) in [5.41, 5.74) is 3.31. The van der Waals surface area contributed by atoms with Crippen LogP contribution >= 0.6 is 0 Å². The summed E-state index contributed by atoms with van der Waals surface area (Å²) in [6.45, 7) is 0. The van der Waals surface area contributed by atoms with Gasteiger partial charge in [0.2, 0.25) is 0 Å². The van der Waals surface area contributed by atoms with Gasteiger partial charge in [-0.1, -0.05) is 0 Å². The zero-order chi connectivity index (χ0) is 7.97. The molecule has 3 rings (SSSR count). The molecule has 0 saturated carbocycles. The molecular weight excluding hydrogens is 180 g/mol. The fourth-order valence-electron chi connectivity index (χ4n) is 2.08. The van der Waals surface area contributed by atoms with Crippen molar-refractivity contribution in [1.82, 2.24) is 0 Å². The van der Waals surface area contributed by atoms with Gasteiger partial charge in [0, 0.05) is 0 Å². The van der Waals surface area contributed by atoms with E-state index in [1.165, 1.54) is 19.3 Å². The predicted molar refractivity (Wildman–Crippen MR) is 46.2 cm³/mol. The van der Waals surface area contributed by atoms with Crippen molar-refractivity contribution in [2.45, 2.75) is 19.3 Å². The van der Waals surface area contributed by atoms with Crippen molar-refractivity contribution in [2.75, 3.05) is 0 Å². The molecule has 1 heteroatoms. The number of rotatable bonds is 0. The summed E-state index contributed by atoms with van der Waals surface area (Å²) in [5.74, 6) is 0. The zero-order valence-electron chi connectivity index (χ0n) is 6.93. The molecule has 0 nitrogen and oxygen atoms in total. The number of hydrogen-bond donors (Lipinski definition) is 0. The molecule has 2 aliphatic carbocycles. The Hall–Kier alpha value is -0.326. The fraction of sp³-hybridized carbons (Fsp3) is 0.273. The van der Waals surface area contributed by atoms with Crippen LogP contribution in [0.15, 0.2) is 43.2 Å². The van der Waals surface area contributed by atoms with Gasteiger partial charge in [-0.05, 0) is 0 Å². The minimum absolute atomic E-state index is 0.126. The maximum absolute atomic E-state index is 2.34. The molecule has 1 heterocycles. The van der Waals surface area contributed by atoms with E-state index in [4.69, 9.17) is 0 Å². The molecular formula is C11H10Ti. The Morgan fingerprint density at radius 2 is 1.50 bits per heavy atom. The van der Waals surface area contributed by atoms with Crippen molar-refractivity contribution < 1.29 is 19.2 Å². The van der Waals surface area contributed by atoms with Crippen LogP contribution in [0.3, 0.4) is 0 Å². The monoisotopic (exact) mass is 190 g/mol. The van der Waals surface area contributed by atoms with Crippen LogP contribution in [0.1, 0.15) is 19.3 Å². The van der Waals surface area contributed by atoms with Gasteiger partial charge in [-0.2, -0.15) is 0 Å².